The molecular formula is C26H32N4O3S. The van der Waals surface area contributed by atoms with E-state index in [1.54, 1.807) is 7.11 Å². The molecule has 0 saturated heterocycles. The highest BCUT2D eigenvalue weighted by Gasteiger charge is 2.20. The number of nitrogens with one attached hydrogen (secondary N) is 2. The molecule has 1 heterocycles. The van der Waals surface area contributed by atoms with E-state index in [1.807, 2.05) is 60.9 Å². The van der Waals surface area contributed by atoms with Crippen LogP contribution in [-0.4, -0.2) is 33.9 Å². The van der Waals surface area contributed by atoms with E-state index in [1.165, 1.54) is 18.4 Å². The lowest BCUT2D eigenvalue weighted by Crippen LogP contribution is -2.27. The van der Waals surface area contributed by atoms with E-state index in [2.05, 4.69) is 15.5 Å². The van der Waals surface area contributed by atoms with Crippen LogP contribution < -0.4 is 14.8 Å². The zero-order valence-electron chi connectivity index (χ0n) is 20.0. The van der Waals surface area contributed by atoms with Crippen LogP contribution in [0.3, 0.4) is 0 Å². The van der Waals surface area contributed by atoms with Crippen LogP contribution in [0.25, 0.3) is 11.4 Å². The van der Waals surface area contributed by atoms with Crippen LogP contribution in [0.5, 0.6) is 11.5 Å². The van der Waals surface area contributed by atoms with Gasteiger partial charge in [-0.2, -0.15) is 5.10 Å². The molecule has 2 N–H and O–H groups in total. The number of aromatic amines is 1. The first kappa shape index (κ1) is 24.0. The van der Waals surface area contributed by atoms with Crippen LogP contribution in [-0.2, 0) is 11.3 Å². The molecule has 1 aromatic heterocycles. The number of hydrogen-bond donors (Lipinski definition) is 2. The van der Waals surface area contributed by atoms with Crippen LogP contribution in [0.1, 0.15) is 56.2 Å². The lowest BCUT2D eigenvalue weighted by atomic mass is 10.1. The van der Waals surface area contributed by atoms with Gasteiger partial charge in [-0.3, -0.25) is 14.5 Å². The SMILES string of the molecule is COc1cc(C(C)NC(=O)CCn2c(-c3ccc(C)cc3)n[nH]c2=S)ccc1OC1CCCC1. The van der Waals surface area contributed by atoms with Gasteiger partial charge in [-0.15, -0.1) is 0 Å². The van der Waals surface area contributed by atoms with Crippen molar-refractivity contribution in [1.82, 2.24) is 20.1 Å². The monoisotopic (exact) mass is 480 g/mol. The van der Waals surface area contributed by atoms with Crippen LogP contribution in [0.4, 0.5) is 0 Å². The third-order valence-electron chi connectivity index (χ3n) is 6.29. The van der Waals surface area contributed by atoms with Crippen LogP contribution in [0.15, 0.2) is 42.5 Å². The molecule has 1 aliphatic rings. The van der Waals surface area contributed by atoms with Gasteiger partial charge in [-0.05, 0) is 69.4 Å². The van der Waals surface area contributed by atoms with Gasteiger partial charge in [0, 0.05) is 18.5 Å². The van der Waals surface area contributed by atoms with Gasteiger partial charge in [-0.25, -0.2) is 0 Å². The minimum atomic E-state index is -0.171. The molecule has 1 saturated carbocycles. The van der Waals surface area contributed by atoms with Crippen molar-refractivity contribution in [3.05, 3.63) is 58.4 Å². The summed E-state index contributed by atoms with van der Waals surface area (Å²) >= 11 is 5.39. The van der Waals surface area contributed by atoms with Gasteiger partial charge in [0.1, 0.15) is 0 Å². The second-order valence-corrected chi connectivity index (χ2v) is 9.23. The summed E-state index contributed by atoms with van der Waals surface area (Å²) in [6, 6.07) is 13.8. The number of hydrogen-bond acceptors (Lipinski definition) is 5. The molecule has 0 spiro atoms. The van der Waals surface area contributed by atoms with E-state index in [9.17, 15) is 4.79 Å². The summed E-state index contributed by atoms with van der Waals surface area (Å²) in [5.41, 5.74) is 3.09. The molecule has 1 fully saturated rings. The Morgan fingerprint density at radius 1 is 1.21 bits per heavy atom. The number of nitrogens with zero attached hydrogens (tertiary/aromatic N) is 2. The van der Waals surface area contributed by atoms with Crippen LogP contribution in [0.2, 0.25) is 0 Å². The van der Waals surface area contributed by atoms with Crippen molar-refractivity contribution >= 4 is 18.1 Å². The molecule has 1 amide bonds. The highest BCUT2D eigenvalue weighted by Crippen LogP contribution is 2.33. The second kappa shape index (κ2) is 10.9. The normalized spacial score (nSPS) is 14.7. The number of aryl methyl sites for hydroxylation is 1. The fourth-order valence-electron chi connectivity index (χ4n) is 4.30. The van der Waals surface area contributed by atoms with E-state index >= 15 is 0 Å². The molecule has 4 rings (SSSR count). The number of amides is 1. The highest BCUT2D eigenvalue weighted by molar-refractivity contribution is 7.71. The number of carbonyl (C=O) groups is 1. The van der Waals surface area contributed by atoms with Gasteiger partial charge in [0.25, 0.3) is 0 Å². The zero-order chi connectivity index (χ0) is 24.1. The Morgan fingerprint density at radius 2 is 1.94 bits per heavy atom. The van der Waals surface area contributed by atoms with E-state index < -0.39 is 0 Å². The fraction of sp³-hybridized carbons (Fsp3) is 0.423. The predicted octanol–water partition coefficient (Wildman–Crippen LogP) is 5.51. The number of rotatable bonds is 9. The molecule has 1 atom stereocenters. The summed E-state index contributed by atoms with van der Waals surface area (Å²) in [6.45, 7) is 4.44. The van der Waals surface area contributed by atoms with E-state index in [-0.39, 0.29) is 24.5 Å². The van der Waals surface area contributed by atoms with Gasteiger partial charge >= 0.3 is 0 Å². The average molecular weight is 481 g/mol. The minimum absolute atomic E-state index is 0.0595. The number of methoxy groups -OCH3 is 1. The molecule has 3 aromatic rings. The van der Waals surface area contributed by atoms with Crippen molar-refractivity contribution in [2.45, 2.75) is 64.6 Å². The standard InChI is InChI=1S/C26H32N4O3S/c1-17-8-10-19(11-9-17)25-28-29-26(34)30(25)15-14-24(31)27-18(2)20-12-13-22(23(16-20)32-3)33-21-6-4-5-7-21/h8-13,16,18,21H,4-7,14-15H2,1-3H3,(H,27,31)(H,29,34). The molecular weight excluding hydrogens is 448 g/mol. The summed E-state index contributed by atoms with van der Waals surface area (Å²) in [7, 11) is 1.64. The quantitative estimate of drug-likeness (QED) is 0.395. The maximum absolute atomic E-state index is 12.7. The lowest BCUT2D eigenvalue weighted by Gasteiger charge is -2.19. The van der Waals surface area contributed by atoms with Gasteiger partial charge in [0.05, 0.1) is 19.3 Å². The Labute approximate surface area is 205 Å². The van der Waals surface area contributed by atoms with Gasteiger partial charge in [-0.1, -0.05) is 35.9 Å². The summed E-state index contributed by atoms with van der Waals surface area (Å²) < 4.78 is 14.0. The second-order valence-electron chi connectivity index (χ2n) is 8.84. The average Bonchev–Trinajstić information content (AvgIpc) is 3.48. The first-order valence-electron chi connectivity index (χ1n) is 11.8. The summed E-state index contributed by atoms with van der Waals surface area (Å²) in [5, 5.41) is 10.3. The fourth-order valence-corrected chi connectivity index (χ4v) is 4.52. The van der Waals surface area contributed by atoms with E-state index in [0.29, 0.717) is 17.1 Å². The Hall–Kier alpha value is -3.13. The van der Waals surface area contributed by atoms with Crippen molar-refractivity contribution in [3.8, 4) is 22.9 Å². The predicted molar refractivity (Wildman–Crippen MR) is 135 cm³/mol. The number of ether oxygens (including phenoxy) is 2. The maximum atomic E-state index is 12.7. The van der Waals surface area contributed by atoms with Crippen LogP contribution in [0, 0.1) is 11.7 Å². The number of carbonyl (C=O) groups excluding carboxylic acids is 1. The maximum Gasteiger partial charge on any atom is 0.222 e. The summed E-state index contributed by atoms with van der Waals surface area (Å²) in [4.78, 5) is 12.7. The zero-order valence-corrected chi connectivity index (χ0v) is 20.8. The molecule has 0 bridgehead atoms. The Balaban J connectivity index is 1.38. The molecule has 1 aliphatic carbocycles. The molecule has 2 aromatic carbocycles. The third kappa shape index (κ3) is 5.67. The highest BCUT2D eigenvalue weighted by atomic mass is 32.1. The molecule has 0 radical (unpaired) electrons. The number of H-pyrrole nitrogens is 1. The molecule has 8 heteroatoms. The van der Waals surface area contributed by atoms with Gasteiger partial charge in [0.15, 0.2) is 22.1 Å². The lowest BCUT2D eigenvalue weighted by molar-refractivity contribution is -0.121. The third-order valence-corrected chi connectivity index (χ3v) is 6.60. The largest absolute Gasteiger partial charge is 0.493 e. The van der Waals surface area contributed by atoms with Crippen molar-refractivity contribution in [2.75, 3.05) is 7.11 Å². The summed E-state index contributed by atoms with van der Waals surface area (Å²) in [6.07, 6.45) is 5.15. The first-order valence-corrected chi connectivity index (χ1v) is 12.2. The summed E-state index contributed by atoms with van der Waals surface area (Å²) in [5.74, 6) is 2.12. The van der Waals surface area contributed by atoms with Gasteiger partial charge < -0.3 is 14.8 Å². The molecule has 7 nitrogen and oxygen atoms in total. The smallest absolute Gasteiger partial charge is 0.222 e. The van der Waals surface area contributed by atoms with E-state index in [4.69, 9.17) is 21.7 Å². The van der Waals surface area contributed by atoms with Gasteiger partial charge in [0.2, 0.25) is 5.91 Å². The molecule has 0 aliphatic heterocycles. The topological polar surface area (TPSA) is 81.2 Å². The Kier molecular flexibility index (Phi) is 7.67. The Morgan fingerprint density at radius 3 is 2.65 bits per heavy atom. The first-order chi connectivity index (χ1) is 16.4. The molecule has 34 heavy (non-hydrogen) atoms. The van der Waals surface area contributed by atoms with Crippen molar-refractivity contribution in [1.29, 1.82) is 0 Å². The Bertz CT molecular complexity index is 1180. The van der Waals surface area contributed by atoms with Crippen molar-refractivity contribution in [2.24, 2.45) is 0 Å². The van der Waals surface area contributed by atoms with Crippen molar-refractivity contribution < 1.29 is 14.3 Å². The van der Waals surface area contributed by atoms with Crippen molar-refractivity contribution in [3.63, 3.8) is 0 Å². The minimum Gasteiger partial charge on any atom is -0.493 e. The molecule has 1 unspecified atom stereocenters. The van der Waals surface area contributed by atoms with Crippen LogP contribution >= 0.6 is 12.2 Å². The molecule has 180 valence electrons. The van der Waals surface area contributed by atoms with E-state index in [0.717, 1.165) is 35.5 Å². The number of aromatic nitrogens is 3. The number of benzene rings is 2.